The average molecular weight is 436 g/mol. The van der Waals surface area contributed by atoms with Gasteiger partial charge in [0.2, 0.25) is 0 Å². The number of hydrogen-bond donors (Lipinski definition) is 3. The lowest BCUT2D eigenvalue weighted by atomic mass is 10.1. The van der Waals surface area contributed by atoms with Gasteiger partial charge in [-0.2, -0.15) is 0 Å². The molecule has 3 aromatic rings. The van der Waals surface area contributed by atoms with Crippen LogP contribution < -0.4 is 15.4 Å². The lowest BCUT2D eigenvalue weighted by Gasteiger charge is -2.16. The third kappa shape index (κ3) is 7.42. The summed E-state index contributed by atoms with van der Waals surface area (Å²) in [5.74, 6) is 1.47. The van der Waals surface area contributed by atoms with Crippen molar-refractivity contribution in [1.82, 2.24) is 20.2 Å². The monoisotopic (exact) mass is 435 g/mol. The summed E-state index contributed by atoms with van der Waals surface area (Å²) in [7, 11) is 0. The van der Waals surface area contributed by atoms with E-state index in [0.29, 0.717) is 19.0 Å². The lowest BCUT2D eigenvalue weighted by Crippen LogP contribution is -2.39. The molecule has 0 aliphatic heterocycles. The second kappa shape index (κ2) is 11.9. The van der Waals surface area contributed by atoms with Crippen molar-refractivity contribution in [3.63, 3.8) is 0 Å². The van der Waals surface area contributed by atoms with Crippen LogP contribution in [0.15, 0.2) is 72.2 Å². The molecule has 7 nitrogen and oxygen atoms in total. The summed E-state index contributed by atoms with van der Waals surface area (Å²) >= 11 is 0. The largest absolute Gasteiger partial charge is 0.491 e. The van der Waals surface area contributed by atoms with Crippen molar-refractivity contribution in [2.45, 2.75) is 46.1 Å². The van der Waals surface area contributed by atoms with Gasteiger partial charge in [-0.1, -0.05) is 36.4 Å². The first-order valence-electron chi connectivity index (χ1n) is 11.0. The Bertz CT molecular complexity index is 968. The minimum absolute atomic E-state index is 0.123. The Hall–Kier alpha value is -3.32. The highest BCUT2D eigenvalue weighted by molar-refractivity contribution is 5.79. The van der Waals surface area contributed by atoms with Crippen LogP contribution in [0.25, 0.3) is 0 Å². The van der Waals surface area contributed by atoms with Crippen molar-refractivity contribution in [2.24, 2.45) is 4.99 Å². The van der Waals surface area contributed by atoms with Crippen LogP contribution in [0.4, 0.5) is 0 Å². The van der Waals surface area contributed by atoms with Gasteiger partial charge in [0.25, 0.3) is 0 Å². The fourth-order valence-corrected chi connectivity index (χ4v) is 3.28. The second-order valence-electron chi connectivity index (χ2n) is 7.88. The summed E-state index contributed by atoms with van der Waals surface area (Å²) in [4.78, 5) is 8.77. The average Bonchev–Trinajstić information content (AvgIpc) is 3.29. The van der Waals surface area contributed by atoms with Crippen LogP contribution in [0.1, 0.15) is 43.6 Å². The van der Waals surface area contributed by atoms with Gasteiger partial charge in [-0.3, -0.25) is 0 Å². The van der Waals surface area contributed by atoms with Crippen molar-refractivity contribution in [1.29, 1.82) is 0 Å². The van der Waals surface area contributed by atoms with Gasteiger partial charge in [-0.15, -0.1) is 0 Å². The summed E-state index contributed by atoms with van der Waals surface area (Å²) < 4.78 is 7.70. The predicted molar refractivity (Wildman–Crippen MR) is 128 cm³/mol. The Morgan fingerprint density at radius 2 is 1.91 bits per heavy atom. The van der Waals surface area contributed by atoms with E-state index in [-0.39, 0.29) is 6.10 Å². The SMILES string of the molecule is CCNC(=NCc1cccc(Cn2ccnc2)c1)NCC(O)c1ccc(OC(C)C)cc1. The number of ether oxygens (including phenoxy) is 1. The maximum absolute atomic E-state index is 10.6. The zero-order valence-electron chi connectivity index (χ0n) is 19.0. The number of hydrogen-bond acceptors (Lipinski definition) is 4. The lowest BCUT2D eigenvalue weighted by molar-refractivity contribution is 0.180. The van der Waals surface area contributed by atoms with E-state index in [2.05, 4.69) is 38.8 Å². The first kappa shape index (κ1) is 23.3. The maximum Gasteiger partial charge on any atom is 0.191 e. The Balaban J connectivity index is 1.56. The molecule has 1 unspecified atom stereocenters. The van der Waals surface area contributed by atoms with Gasteiger partial charge in [0.1, 0.15) is 5.75 Å². The van der Waals surface area contributed by atoms with Crippen molar-refractivity contribution >= 4 is 5.96 Å². The molecule has 32 heavy (non-hydrogen) atoms. The van der Waals surface area contributed by atoms with Gasteiger partial charge in [-0.25, -0.2) is 9.98 Å². The van der Waals surface area contributed by atoms with Crippen LogP contribution in [0.5, 0.6) is 5.75 Å². The summed E-state index contributed by atoms with van der Waals surface area (Å²) in [5.41, 5.74) is 3.16. The van der Waals surface area contributed by atoms with E-state index in [1.54, 1.807) is 6.20 Å². The van der Waals surface area contributed by atoms with Gasteiger partial charge in [0, 0.05) is 32.0 Å². The number of benzene rings is 2. The van der Waals surface area contributed by atoms with Crippen LogP contribution >= 0.6 is 0 Å². The van der Waals surface area contributed by atoms with Crippen molar-refractivity contribution in [2.75, 3.05) is 13.1 Å². The molecule has 170 valence electrons. The number of nitrogens with one attached hydrogen (secondary N) is 2. The van der Waals surface area contributed by atoms with E-state index in [1.807, 2.05) is 68.2 Å². The van der Waals surface area contributed by atoms with Crippen LogP contribution in [0.3, 0.4) is 0 Å². The van der Waals surface area contributed by atoms with Crippen LogP contribution in [0, 0.1) is 0 Å². The molecule has 3 N–H and O–H groups in total. The molecule has 2 aromatic carbocycles. The molecule has 7 heteroatoms. The topological polar surface area (TPSA) is 83.7 Å². The molecular weight excluding hydrogens is 402 g/mol. The summed E-state index contributed by atoms with van der Waals surface area (Å²) in [6.45, 7) is 8.43. The molecule has 0 spiro atoms. The molecule has 3 rings (SSSR count). The molecule has 0 saturated carbocycles. The number of imidazole rings is 1. The van der Waals surface area contributed by atoms with Crippen molar-refractivity contribution in [3.8, 4) is 5.75 Å². The Kier molecular flexibility index (Phi) is 8.69. The van der Waals surface area contributed by atoms with Gasteiger partial charge in [0.15, 0.2) is 5.96 Å². The molecule has 0 fully saturated rings. The molecule has 0 aliphatic carbocycles. The Morgan fingerprint density at radius 3 is 2.59 bits per heavy atom. The number of aromatic nitrogens is 2. The molecule has 0 amide bonds. The fourth-order valence-electron chi connectivity index (χ4n) is 3.28. The van der Waals surface area contributed by atoms with Gasteiger partial charge < -0.3 is 25.0 Å². The van der Waals surface area contributed by atoms with E-state index in [9.17, 15) is 5.11 Å². The molecule has 0 saturated heterocycles. The van der Waals surface area contributed by atoms with E-state index < -0.39 is 6.10 Å². The van der Waals surface area contributed by atoms with E-state index in [4.69, 9.17) is 4.74 Å². The molecule has 1 atom stereocenters. The highest BCUT2D eigenvalue weighted by Gasteiger charge is 2.09. The van der Waals surface area contributed by atoms with Gasteiger partial charge >= 0.3 is 0 Å². The first-order chi connectivity index (χ1) is 15.5. The maximum atomic E-state index is 10.6. The minimum Gasteiger partial charge on any atom is -0.491 e. The van der Waals surface area contributed by atoms with Crippen LogP contribution in [0.2, 0.25) is 0 Å². The summed E-state index contributed by atoms with van der Waals surface area (Å²) in [6, 6.07) is 15.9. The highest BCUT2D eigenvalue weighted by Crippen LogP contribution is 2.18. The summed E-state index contributed by atoms with van der Waals surface area (Å²) in [6.07, 6.45) is 5.02. The summed E-state index contributed by atoms with van der Waals surface area (Å²) in [5, 5.41) is 17.0. The highest BCUT2D eigenvalue weighted by atomic mass is 16.5. The third-order valence-corrected chi connectivity index (χ3v) is 4.78. The Labute approximate surface area is 190 Å². The number of nitrogens with zero attached hydrogens (tertiary/aromatic N) is 3. The van der Waals surface area contributed by atoms with Crippen molar-refractivity contribution in [3.05, 3.63) is 83.9 Å². The fraction of sp³-hybridized carbons (Fsp3) is 0.360. The number of aliphatic hydroxyl groups excluding tert-OH is 1. The molecule has 0 radical (unpaired) electrons. The number of rotatable bonds is 10. The zero-order chi connectivity index (χ0) is 22.8. The second-order valence-corrected chi connectivity index (χ2v) is 7.88. The van der Waals surface area contributed by atoms with Crippen molar-refractivity contribution < 1.29 is 9.84 Å². The molecular formula is C25H33N5O2. The zero-order valence-corrected chi connectivity index (χ0v) is 19.0. The van der Waals surface area contributed by atoms with E-state index >= 15 is 0 Å². The van der Waals surface area contributed by atoms with Crippen LogP contribution in [-0.4, -0.2) is 39.8 Å². The number of guanidine groups is 1. The molecule has 1 aromatic heterocycles. The first-order valence-corrected chi connectivity index (χ1v) is 11.0. The smallest absolute Gasteiger partial charge is 0.191 e. The number of aliphatic imine (C=N–C) groups is 1. The molecule has 1 heterocycles. The third-order valence-electron chi connectivity index (χ3n) is 4.78. The number of aliphatic hydroxyl groups is 1. The minimum atomic E-state index is -0.648. The predicted octanol–water partition coefficient (Wildman–Crippen LogP) is 3.51. The van der Waals surface area contributed by atoms with Crippen LogP contribution in [-0.2, 0) is 13.1 Å². The molecule has 0 aliphatic rings. The standard InChI is InChI=1S/C25H33N5O2/c1-4-27-25(29-16-24(31)22-8-10-23(11-9-22)32-19(2)3)28-15-20-6-5-7-21(14-20)17-30-13-12-26-18-30/h5-14,18-19,24,31H,4,15-17H2,1-3H3,(H2,27,28,29). The Morgan fingerprint density at radius 1 is 1.12 bits per heavy atom. The quantitative estimate of drug-likeness (QED) is 0.335. The molecule has 0 bridgehead atoms. The van der Waals surface area contributed by atoms with Gasteiger partial charge in [0.05, 0.1) is 25.1 Å². The van der Waals surface area contributed by atoms with E-state index in [1.165, 1.54) is 5.56 Å². The normalized spacial score (nSPS) is 12.6. The van der Waals surface area contributed by atoms with E-state index in [0.717, 1.165) is 30.0 Å². The van der Waals surface area contributed by atoms with Gasteiger partial charge in [-0.05, 0) is 49.6 Å².